The van der Waals surface area contributed by atoms with E-state index in [4.69, 9.17) is 0 Å². The lowest BCUT2D eigenvalue weighted by atomic mass is 9.91. The van der Waals surface area contributed by atoms with Crippen molar-refractivity contribution in [2.24, 2.45) is 5.92 Å². The van der Waals surface area contributed by atoms with E-state index < -0.39 is 17.8 Å². The highest BCUT2D eigenvalue weighted by atomic mass is 35.5. The third kappa shape index (κ3) is 3.57. The maximum Gasteiger partial charge on any atom is 0.377 e. The number of piperidine rings is 1. The van der Waals surface area contributed by atoms with Crippen LogP contribution in [0.2, 0.25) is 0 Å². The predicted molar refractivity (Wildman–Crippen MR) is 54.4 cm³/mol. The Hall–Kier alpha value is -0.420. The lowest BCUT2D eigenvalue weighted by molar-refractivity contribution is -0.181. The number of esters is 1. The molecule has 15 heavy (non-hydrogen) atoms. The Morgan fingerprint density at radius 1 is 1.47 bits per heavy atom. The molecule has 0 spiro atoms. The molecule has 1 aliphatic rings. The molecule has 0 aromatic carbocycles. The Labute approximate surface area is 94.0 Å². The summed E-state index contributed by atoms with van der Waals surface area (Å²) < 4.78 is 31.1. The van der Waals surface area contributed by atoms with Crippen molar-refractivity contribution < 1.29 is 18.3 Å². The molecule has 1 fully saturated rings. The highest BCUT2D eigenvalue weighted by molar-refractivity contribution is 5.85. The summed E-state index contributed by atoms with van der Waals surface area (Å²) in [5, 5.41) is 2.97. The summed E-state index contributed by atoms with van der Waals surface area (Å²) >= 11 is 0. The highest BCUT2D eigenvalue weighted by Gasteiger charge is 2.48. The van der Waals surface area contributed by atoms with Crippen molar-refractivity contribution in [2.45, 2.75) is 25.7 Å². The molecule has 6 heteroatoms. The van der Waals surface area contributed by atoms with Gasteiger partial charge < -0.3 is 10.1 Å². The number of alkyl halides is 2. The van der Waals surface area contributed by atoms with Crippen molar-refractivity contribution in [3.63, 3.8) is 0 Å². The third-order valence-electron chi connectivity index (χ3n) is 2.40. The van der Waals surface area contributed by atoms with E-state index in [1.165, 1.54) is 6.92 Å². The van der Waals surface area contributed by atoms with Crippen LogP contribution in [0.3, 0.4) is 0 Å². The predicted octanol–water partition coefficient (Wildman–Crippen LogP) is 1.61. The zero-order chi connectivity index (χ0) is 10.6. The van der Waals surface area contributed by atoms with Crippen LogP contribution in [-0.2, 0) is 9.53 Å². The van der Waals surface area contributed by atoms with Crippen LogP contribution in [-0.4, -0.2) is 31.6 Å². The summed E-state index contributed by atoms with van der Waals surface area (Å²) in [6.45, 7) is 2.61. The second kappa shape index (κ2) is 6.23. The maximum atomic E-state index is 13.4. The Balaban J connectivity index is 0.00000196. The van der Waals surface area contributed by atoms with Crippen LogP contribution in [0.4, 0.5) is 8.78 Å². The first-order chi connectivity index (χ1) is 6.59. The van der Waals surface area contributed by atoms with Crippen molar-refractivity contribution in [3.05, 3.63) is 0 Å². The highest BCUT2D eigenvalue weighted by Crippen LogP contribution is 2.32. The van der Waals surface area contributed by atoms with Gasteiger partial charge in [-0.2, -0.15) is 8.78 Å². The first kappa shape index (κ1) is 14.6. The van der Waals surface area contributed by atoms with Gasteiger partial charge in [0, 0.05) is 5.92 Å². The van der Waals surface area contributed by atoms with Crippen molar-refractivity contribution in [1.29, 1.82) is 0 Å². The van der Waals surface area contributed by atoms with E-state index in [2.05, 4.69) is 10.1 Å². The van der Waals surface area contributed by atoms with Crippen LogP contribution in [0.5, 0.6) is 0 Å². The summed E-state index contributed by atoms with van der Waals surface area (Å²) in [6, 6.07) is 0. The lowest BCUT2D eigenvalue weighted by Gasteiger charge is -2.28. The average Bonchev–Trinajstić information content (AvgIpc) is 2.19. The van der Waals surface area contributed by atoms with Crippen molar-refractivity contribution in [3.8, 4) is 0 Å². The minimum absolute atomic E-state index is 0. The average molecular weight is 244 g/mol. The number of rotatable bonds is 3. The van der Waals surface area contributed by atoms with Crippen molar-refractivity contribution in [2.75, 3.05) is 19.7 Å². The summed E-state index contributed by atoms with van der Waals surface area (Å²) in [5.74, 6) is -5.58. The number of carbonyl (C=O) groups excluding carboxylic acids is 1. The van der Waals surface area contributed by atoms with Gasteiger partial charge in [-0.05, 0) is 32.9 Å². The molecular formula is C9H16ClF2NO2. The topological polar surface area (TPSA) is 38.3 Å². The number of nitrogens with one attached hydrogen (secondary N) is 1. The van der Waals surface area contributed by atoms with E-state index in [1.807, 2.05) is 0 Å². The van der Waals surface area contributed by atoms with Crippen LogP contribution in [0, 0.1) is 5.92 Å². The van der Waals surface area contributed by atoms with Gasteiger partial charge in [-0.25, -0.2) is 4.79 Å². The van der Waals surface area contributed by atoms with Crippen LogP contribution in [0.1, 0.15) is 19.8 Å². The Morgan fingerprint density at radius 3 is 2.47 bits per heavy atom. The fourth-order valence-corrected chi connectivity index (χ4v) is 1.58. The molecule has 0 atom stereocenters. The van der Waals surface area contributed by atoms with E-state index in [-0.39, 0.29) is 19.0 Å². The second-order valence-corrected chi connectivity index (χ2v) is 3.37. The first-order valence-electron chi connectivity index (χ1n) is 4.84. The van der Waals surface area contributed by atoms with E-state index in [9.17, 15) is 13.6 Å². The standard InChI is InChI=1S/C9H15F2NO2.ClH/c1-2-14-8(13)9(10,11)7-3-5-12-6-4-7;/h7,12H,2-6H2,1H3;1H. The van der Waals surface area contributed by atoms with Gasteiger partial charge in [0.2, 0.25) is 0 Å². The quantitative estimate of drug-likeness (QED) is 0.766. The zero-order valence-corrected chi connectivity index (χ0v) is 9.41. The van der Waals surface area contributed by atoms with Crippen LogP contribution in [0.15, 0.2) is 0 Å². The molecular weight excluding hydrogens is 228 g/mol. The van der Waals surface area contributed by atoms with Gasteiger partial charge in [-0.15, -0.1) is 12.4 Å². The smallest absolute Gasteiger partial charge is 0.377 e. The normalized spacial score (nSPS) is 18.1. The number of ether oxygens (including phenoxy) is 1. The molecule has 1 aliphatic heterocycles. The summed E-state index contributed by atoms with van der Waals surface area (Å²) in [7, 11) is 0. The number of hydrogen-bond acceptors (Lipinski definition) is 3. The summed E-state index contributed by atoms with van der Waals surface area (Å²) in [6.07, 6.45) is 0.650. The lowest BCUT2D eigenvalue weighted by Crippen LogP contribution is -2.44. The Morgan fingerprint density at radius 2 is 2.00 bits per heavy atom. The van der Waals surface area contributed by atoms with Crippen molar-refractivity contribution in [1.82, 2.24) is 5.32 Å². The first-order valence-corrected chi connectivity index (χ1v) is 4.84. The molecule has 0 saturated carbocycles. The van der Waals surface area contributed by atoms with Gasteiger partial charge in [0.1, 0.15) is 0 Å². The van der Waals surface area contributed by atoms with E-state index >= 15 is 0 Å². The summed E-state index contributed by atoms with van der Waals surface area (Å²) in [4.78, 5) is 11.0. The molecule has 0 unspecified atom stereocenters. The van der Waals surface area contributed by atoms with Gasteiger partial charge in [-0.1, -0.05) is 0 Å². The van der Waals surface area contributed by atoms with Crippen molar-refractivity contribution >= 4 is 18.4 Å². The van der Waals surface area contributed by atoms with E-state index in [0.29, 0.717) is 25.9 Å². The second-order valence-electron chi connectivity index (χ2n) is 3.37. The zero-order valence-electron chi connectivity index (χ0n) is 8.59. The molecule has 0 aromatic heterocycles. The molecule has 0 bridgehead atoms. The van der Waals surface area contributed by atoms with Gasteiger partial charge in [0.25, 0.3) is 0 Å². The maximum absolute atomic E-state index is 13.4. The summed E-state index contributed by atoms with van der Waals surface area (Å²) in [5.41, 5.74) is 0. The fourth-order valence-electron chi connectivity index (χ4n) is 1.58. The molecule has 1 heterocycles. The van der Waals surface area contributed by atoms with Gasteiger partial charge in [0.05, 0.1) is 6.61 Å². The number of carbonyl (C=O) groups is 1. The van der Waals surface area contributed by atoms with Crippen LogP contribution in [0.25, 0.3) is 0 Å². The van der Waals surface area contributed by atoms with Gasteiger partial charge in [-0.3, -0.25) is 0 Å². The molecule has 1 N–H and O–H groups in total. The minimum Gasteiger partial charge on any atom is -0.462 e. The molecule has 0 aliphatic carbocycles. The SMILES string of the molecule is CCOC(=O)C(F)(F)C1CCNCC1.Cl. The van der Waals surface area contributed by atoms with E-state index in [1.54, 1.807) is 0 Å². The molecule has 3 nitrogen and oxygen atoms in total. The fraction of sp³-hybridized carbons (Fsp3) is 0.889. The molecule has 0 radical (unpaired) electrons. The third-order valence-corrected chi connectivity index (χ3v) is 2.40. The molecule has 1 rings (SSSR count). The molecule has 0 amide bonds. The van der Waals surface area contributed by atoms with Gasteiger partial charge in [0.15, 0.2) is 0 Å². The Bertz CT molecular complexity index is 208. The monoisotopic (exact) mass is 243 g/mol. The van der Waals surface area contributed by atoms with E-state index in [0.717, 1.165) is 0 Å². The number of hydrogen-bond donors (Lipinski definition) is 1. The molecule has 0 aromatic rings. The van der Waals surface area contributed by atoms with Crippen LogP contribution >= 0.6 is 12.4 Å². The number of halogens is 3. The molecule has 1 saturated heterocycles. The molecule has 90 valence electrons. The minimum atomic E-state index is -3.32. The van der Waals surface area contributed by atoms with Crippen LogP contribution < -0.4 is 5.32 Å². The largest absolute Gasteiger partial charge is 0.462 e. The van der Waals surface area contributed by atoms with Gasteiger partial charge >= 0.3 is 11.9 Å². The Kier molecular flexibility index (Phi) is 6.05.